The highest BCUT2D eigenvalue weighted by Crippen LogP contribution is 2.25. The monoisotopic (exact) mass is 368 g/mol. The number of amides is 1. The van der Waals surface area contributed by atoms with Gasteiger partial charge in [0, 0.05) is 48.8 Å². The zero-order chi connectivity index (χ0) is 19.7. The zero-order valence-electron chi connectivity index (χ0n) is 16.8. The van der Waals surface area contributed by atoms with Crippen LogP contribution in [0.15, 0.2) is 18.2 Å². The Morgan fingerprint density at radius 2 is 1.74 bits per heavy atom. The lowest BCUT2D eigenvalue weighted by Gasteiger charge is -2.34. The minimum Gasteiger partial charge on any atom is -0.369 e. The summed E-state index contributed by atoms with van der Waals surface area (Å²) in [4.78, 5) is 32.3. The van der Waals surface area contributed by atoms with Crippen molar-refractivity contribution in [3.63, 3.8) is 0 Å². The fourth-order valence-corrected chi connectivity index (χ4v) is 3.74. The van der Waals surface area contributed by atoms with E-state index in [9.17, 15) is 9.59 Å². The van der Waals surface area contributed by atoms with Crippen LogP contribution in [0, 0.1) is 20.8 Å². The summed E-state index contributed by atoms with van der Waals surface area (Å²) in [6, 6.07) is 6.13. The minimum absolute atomic E-state index is 0.0343. The molecule has 1 fully saturated rings. The Labute approximate surface area is 160 Å². The maximum Gasteiger partial charge on any atom is 0.272 e. The molecule has 3 rings (SSSR count). The Morgan fingerprint density at radius 3 is 2.30 bits per heavy atom. The van der Waals surface area contributed by atoms with Crippen LogP contribution in [0.5, 0.6) is 0 Å². The third-order valence-corrected chi connectivity index (χ3v) is 5.34. The topological polar surface area (TPSA) is 68.4 Å². The Hall–Kier alpha value is -2.60. The third-order valence-electron chi connectivity index (χ3n) is 5.34. The van der Waals surface area contributed by atoms with Gasteiger partial charge in [0.2, 0.25) is 0 Å². The molecule has 1 aromatic heterocycles. The van der Waals surface area contributed by atoms with E-state index in [4.69, 9.17) is 0 Å². The molecule has 6 nitrogen and oxygen atoms in total. The van der Waals surface area contributed by atoms with Crippen LogP contribution >= 0.6 is 0 Å². The summed E-state index contributed by atoms with van der Waals surface area (Å²) in [6.07, 6.45) is 0. The second kappa shape index (κ2) is 7.56. The van der Waals surface area contributed by atoms with Crippen molar-refractivity contribution in [1.29, 1.82) is 0 Å². The molecule has 0 atom stereocenters. The number of hydrogen-bond donors (Lipinski definition) is 2. The summed E-state index contributed by atoms with van der Waals surface area (Å²) in [5.41, 5.74) is 5.46. The molecule has 2 aromatic rings. The number of aromatic amines is 1. The summed E-state index contributed by atoms with van der Waals surface area (Å²) in [5.74, 6) is -0.258. The Balaban J connectivity index is 1.77. The largest absolute Gasteiger partial charge is 0.369 e. The molecule has 27 heavy (non-hydrogen) atoms. The highest BCUT2D eigenvalue weighted by Gasteiger charge is 2.20. The molecule has 0 aliphatic carbocycles. The lowest BCUT2D eigenvalue weighted by atomic mass is 10.1. The number of aromatic nitrogens is 1. The normalized spacial score (nSPS) is 15.1. The predicted molar refractivity (Wildman–Crippen MR) is 109 cm³/mol. The molecule has 0 radical (unpaired) electrons. The molecule has 6 heteroatoms. The number of rotatable bonds is 4. The van der Waals surface area contributed by atoms with Gasteiger partial charge < -0.3 is 20.1 Å². The van der Waals surface area contributed by atoms with Crippen LogP contribution in [0.4, 0.5) is 11.4 Å². The number of piperazine rings is 1. The second-order valence-electron chi connectivity index (χ2n) is 7.42. The van der Waals surface area contributed by atoms with Crippen LogP contribution < -0.4 is 10.2 Å². The molecule has 1 saturated heterocycles. The zero-order valence-corrected chi connectivity index (χ0v) is 16.8. The standard InChI is InChI=1S/C21H28N4O2/c1-13-12-17(25-10-8-24(5)9-11-25)6-7-18(13)23-21(27)20-14(2)19(16(4)26)15(3)22-20/h6-7,12,22H,8-11H2,1-5H3,(H,23,27). The average molecular weight is 368 g/mol. The first-order chi connectivity index (χ1) is 12.8. The van der Waals surface area contributed by atoms with Crippen LogP contribution in [0.3, 0.4) is 0 Å². The first kappa shape index (κ1) is 19.2. The van der Waals surface area contributed by atoms with Crippen molar-refractivity contribution >= 4 is 23.1 Å². The van der Waals surface area contributed by atoms with Gasteiger partial charge in [0.15, 0.2) is 5.78 Å². The molecular weight excluding hydrogens is 340 g/mol. The second-order valence-corrected chi connectivity index (χ2v) is 7.42. The van der Waals surface area contributed by atoms with E-state index in [-0.39, 0.29) is 11.7 Å². The Kier molecular flexibility index (Phi) is 5.37. The number of benzene rings is 1. The number of anilines is 2. The van der Waals surface area contributed by atoms with Crippen LogP contribution in [0.25, 0.3) is 0 Å². The van der Waals surface area contributed by atoms with Crippen molar-refractivity contribution < 1.29 is 9.59 Å². The number of aryl methyl sites for hydroxylation is 2. The molecular formula is C21H28N4O2. The first-order valence-corrected chi connectivity index (χ1v) is 9.33. The van der Waals surface area contributed by atoms with Gasteiger partial charge >= 0.3 is 0 Å². The lowest BCUT2D eigenvalue weighted by Crippen LogP contribution is -2.44. The number of carbonyl (C=O) groups excluding carboxylic acids is 2. The number of ketones is 1. The van der Waals surface area contributed by atoms with Gasteiger partial charge in [-0.25, -0.2) is 0 Å². The van der Waals surface area contributed by atoms with Crippen LogP contribution in [-0.4, -0.2) is 54.8 Å². The summed E-state index contributed by atoms with van der Waals surface area (Å²) < 4.78 is 0. The van der Waals surface area contributed by atoms with E-state index in [1.807, 2.05) is 19.9 Å². The number of Topliss-reactive ketones (excluding diaryl/α,β-unsaturated/α-hetero) is 1. The van der Waals surface area contributed by atoms with E-state index >= 15 is 0 Å². The number of likely N-dealkylation sites (N-methyl/N-ethyl adjacent to an activating group) is 1. The summed E-state index contributed by atoms with van der Waals surface area (Å²) in [7, 11) is 2.14. The molecule has 1 aliphatic rings. The highest BCUT2D eigenvalue weighted by atomic mass is 16.2. The van der Waals surface area contributed by atoms with Crippen LogP contribution in [0.1, 0.15) is 44.6 Å². The number of nitrogens with zero attached hydrogens (tertiary/aromatic N) is 2. The molecule has 1 amide bonds. The van der Waals surface area contributed by atoms with Crippen LogP contribution in [-0.2, 0) is 0 Å². The summed E-state index contributed by atoms with van der Waals surface area (Å²) in [6.45, 7) is 11.3. The lowest BCUT2D eigenvalue weighted by molar-refractivity contribution is 0.101. The maximum absolute atomic E-state index is 12.7. The van der Waals surface area contributed by atoms with Gasteiger partial charge in [0.05, 0.1) is 0 Å². The fraction of sp³-hybridized carbons (Fsp3) is 0.429. The van der Waals surface area contributed by atoms with Crippen molar-refractivity contribution in [2.45, 2.75) is 27.7 Å². The first-order valence-electron chi connectivity index (χ1n) is 9.33. The molecule has 2 heterocycles. The number of nitrogens with one attached hydrogen (secondary N) is 2. The number of hydrogen-bond acceptors (Lipinski definition) is 4. The van der Waals surface area contributed by atoms with E-state index in [1.165, 1.54) is 12.6 Å². The van der Waals surface area contributed by atoms with Crippen molar-refractivity contribution in [2.75, 3.05) is 43.4 Å². The van der Waals surface area contributed by atoms with Crippen molar-refractivity contribution in [3.8, 4) is 0 Å². The molecule has 2 N–H and O–H groups in total. The Bertz CT molecular complexity index is 877. The predicted octanol–water partition coefficient (Wildman–Crippen LogP) is 3.15. The number of carbonyl (C=O) groups is 2. The van der Waals surface area contributed by atoms with Crippen molar-refractivity contribution in [1.82, 2.24) is 9.88 Å². The Morgan fingerprint density at radius 1 is 1.07 bits per heavy atom. The molecule has 1 aliphatic heterocycles. The van der Waals surface area contributed by atoms with Crippen LogP contribution in [0.2, 0.25) is 0 Å². The van der Waals surface area contributed by atoms with Gasteiger partial charge in [-0.1, -0.05) is 0 Å². The molecule has 0 unspecified atom stereocenters. The summed E-state index contributed by atoms with van der Waals surface area (Å²) >= 11 is 0. The van der Waals surface area contributed by atoms with E-state index in [0.717, 1.165) is 43.1 Å². The van der Waals surface area contributed by atoms with E-state index < -0.39 is 0 Å². The van der Waals surface area contributed by atoms with Gasteiger partial charge in [-0.3, -0.25) is 9.59 Å². The van der Waals surface area contributed by atoms with E-state index in [0.29, 0.717) is 16.8 Å². The highest BCUT2D eigenvalue weighted by molar-refractivity contribution is 6.08. The molecule has 0 saturated carbocycles. The summed E-state index contributed by atoms with van der Waals surface area (Å²) in [5, 5.41) is 2.98. The van der Waals surface area contributed by atoms with Crippen molar-refractivity contribution in [2.24, 2.45) is 0 Å². The molecule has 1 aromatic carbocycles. The molecule has 0 bridgehead atoms. The van der Waals surface area contributed by atoms with Crippen molar-refractivity contribution in [3.05, 3.63) is 46.3 Å². The van der Waals surface area contributed by atoms with E-state index in [2.05, 4.69) is 39.3 Å². The average Bonchev–Trinajstić information content (AvgIpc) is 2.92. The fourth-order valence-electron chi connectivity index (χ4n) is 3.74. The van der Waals surface area contributed by atoms with Gasteiger partial charge in [0.1, 0.15) is 5.69 Å². The number of H-pyrrole nitrogens is 1. The molecule has 0 spiro atoms. The van der Waals surface area contributed by atoms with Gasteiger partial charge in [-0.15, -0.1) is 0 Å². The van der Waals surface area contributed by atoms with Gasteiger partial charge in [0.25, 0.3) is 5.91 Å². The quantitative estimate of drug-likeness (QED) is 0.814. The van der Waals surface area contributed by atoms with E-state index in [1.54, 1.807) is 6.92 Å². The minimum atomic E-state index is -0.224. The van der Waals surface area contributed by atoms with Gasteiger partial charge in [-0.05, 0) is 64.1 Å². The third kappa shape index (κ3) is 3.90. The SMILES string of the molecule is CC(=O)c1c(C)[nH]c(C(=O)Nc2ccc(N3CCN(C)CC3)cc2C)c1C. The smallest absolute Gasteiger partial charge is 0.272 e. The molecule has 144 valence electrons. The maximum atomic E-state index is 12.7. The van der Waals surface area contributed by atoms with Gasteiger partial charge in [-0.2, -0.15) is 0 Å².